The van der Waals surface area contributed by atoms with E-state index in [1.807, 2.05) is 60.7 Å². The summed E-state index contributed by atoms with van der Waals surface area (Å²) in [7, 11) is 0. The molecule has 0 radical (unpaired) electrons. The number of aldehydes is 2. The highest BCUT2D eigenvalue weighted by Gasteiger charge is 2.20. The molecule has 2 aliphatic heterocycles. The van der Waals surface area contributed by atoms with E-state index in [-0.39, 0.29) is 45.6 Å². The van der Waals surface area contributed by atoms with Gasteiger partial charge in [0.15, 0.2) is 12.6 Å². The molecule has 4 aromatic carbocycles. The maximum absolute atomic E-state index is 12.0. The van der Waals surface area contributed by atoms with E-state index < -0.39 is 0 Å². The van der Waals surface area contributed by atoms with E-state index in [1.54, 1.807) is 36.7 Å². The number of carbonyl (C=O) groups excluding carboxylic acids is 2. The van der Waals surface area contributed by atoms with Crippen LogP contribution in [0.2, 0.25) is 0 Å². The van der Waals surface area contributed by atoms with Crippen LogP contribution in [0.1, 0.15) is 20.7 Å². The first-order chi connectivity index (χ1) is 20.6. The molecule has 204 valence electrons. The summed E-state index contributed by atoms with van der Waals surface area (Å²) in [6, 6.07) is 25.3. The number of hydrogen-bond acceptors (Lipinski definition) is 9. The normalized spacial score (nSPS) is 10.8. The average molecular weight is 554 g/mol. The highest BCUT2D eigenvalue weighted by atomic mass is 16.3. The first-order valence-electron chi connectivity index (χ1n) is 12.9. The lowest BCUT2D eigenvalue weighted by Gasteiger charge is -2.14. The molecule has 0 amide bonds. The van der Waals surface area contributed by atoms with Crippen LogP contribution in [0.5, 0.6) is 11.5 Å². The van der Waals surface area contributed by atoms with Crippen molar-refractivity contribution in [2.24, 2.45) is 0 Å². The highest BCUT2D eigenvalue weighted by molar-refractivity contribution is 5.96. The van der Waals surface area contributed by atoms with Crippen molar-refractivity contribution < 1.29 is 19.8 Å². The Hall–Kier alpha value is -6.09. The summed E-state index contributed by atoms with van der Waals surface area (Å²) in [4.78, 5) is 37.1. The lowest BCUT2D eigenvalue weighted by molar-refractivity contribution is 0.111. The first-order valence-corrected chi connectivity index (χ1v) is 12.9. The molecule has 0 bridgehead atoms. The fraction of sp³-hybridized carbons (Fsp3) is 0. The van der Waals surface area contributed by atoms with Gasteiger partial charge in [-0.15, -0.1) is 0 Å². The minimum atomic E-state index is -0.134. The Bertz CT molecular complexity index is 1760. The molecule has 0 atom stereocenters. The summed E-state index contributed by atoms with van der Waals surface area (Å²) < 4.78 is 0. The summed E-state index contributed by atoms with van der Waals surface area (Å²) in [5, 5.41) is 27.9. The smallest absolute Gasteiger partial charge is 0.152 e. The number of phenolic OH excluding ortho intramolecular Hbond substituents is 2. The molecule has 0 fully saturated rings. The zero-order valence-corrected chi connectivity index (χ0v) is 22.0. The van der Waals surface area contributed by atoms with Crippen molar-refractivity contribution in [1.29, 1.82) is 0 Å². The topological polar surface area (TPSA) is 137 Å². The highest BCUT2D eigenvalue weighted by Crippen LogP contribution is 2.41. The van der Waals surface area contributed by atoms with Gasteiger partial charge in [0.1, 0.15) is 29.5 Å². The van der Waals surface area contributed by atoms with E-state index in [2.05, 4.69) is 25.6 Å². The molecule has 2 aliphatic rings. The molecular weight excluding hydrogens is 530 g/mol. The van der Waals surface area contributed by atoms with Crippen molar-refractivity contribution in [3.05, 3.63) is 115 Å². The van der Waals surface area contributed by atoms with Gasteiger partial charge in [-0.3, -0.25) is 14.6 Å². The minimum Gasteiger partial charge on any atom is -0.506 e. The van der Waals surface area contributed by atoms with Gasteiger partial charge in [0.05, 0.1) is 11.4 Å². The maximum Gasteiger partial charge on any atom is 0.152 e. The molecule has 0 unspecified atom stereocenters. The molecule has 9 nitrogen and oxygen atoms in total. The lowest BCUT2D eigenvalue weighted by Crippen LogP contribution is -2.00. The number of aromatic nitrogens is 3. The number of nitrogens with one attached hydrogen (secondary N) is 2. The molecule has 4 aromatic rings. The minimum absolute atomic E-state index is 0.134. The number of anilines is 4. The molecule has 0 aliphatic carbocycles. The zero-order chi connectivity index (χ0) is 29.1. The van der Waals surface area contributed by atoms with Crippen LogP contribution in [0, 0.1) is 0 Å². The summed E-state index contributed by atoms with van der Waals surface area (Å²) in [6.07, 6.45) is 5.73. The molecule has 0 spiro atoms. The Kier molecular flexibility index (Phi) is 6.96. The average Bonchev–Trinajstić information content (AvgIpc) is 3.45. The van der Waals surface area contributed by atoms with Crippen molar-refractivity contribution in [2.45, 2.75) is 0 Å². The van der Waals surface area contributed by atoms with Crippen molar-refractivity contribution >= 4 is 35.6 Å². The van der Waals surface area contributed by atoms with Crippen molar-refractivity contribution in [1.82, 2.24) is 15.0 Å². The number of hydrogen-bond donors (Lipinski definition) is 4. The van der Waals surface area contributed by atoms with Crippen LogP contribution in [0.4, 0.5) is 23.0 Å². The SMILES string of the molecule is O=Cc1cc(-c2ccccc2)cc(O)c1Nc1ncnc(Nc2c(O)cc(-c3ccccc3)cc2C=O)c2cncc1-2. The van der Waals surface area contributed by atoms with Crippen LogP contribution in [-0.2, 0) is 0 Å². The molecule has 42 heavy (non-hydrogen) atoms. The van der Waals surface area contributed by atoms with Crippen molar-refractivity contribution in [3.63, 3.8) is 0 Å². The molecule has 2 heterocycles. The van der Waals surface area contributed by atoms with Crippen molar-refractivity contribution in [2.75, 3.05) is 10.6 Å². The van der Waals surface area contributed by atoms with Gasteiger partial charge in [-0.05, 0) is 46.5 Å². The predicted octanol–water partition coefficient (Wildman–Crippen LogP) is 6.83. The Balaban J connectivity index is 1.34. The van der Waals surface area contributed by atoms with Gasteiger partial charge < -0.3 is 20.8 Å². The lowest BCUT2D eigenvalue weighted by atomic mass is 10.0. The molecule has 0 saturated heterocycles. The third-order valence-electron chi connectivity index (χ3n) is 6.83. The monoisotopic (exact) mass is 553 g/mol. The van der Waals surface area contributed by atoms with Gasteiger partial charge >= 0.3 is 0 Å². The van der Waals surface area contributed by atoms with E-state index in [0.717, 1.165) is 11.1 Å². The number of carbonyl (C=O) groups is 2. The van der Waals surface area contributed by atoms with Crippen LogP contribution < -0.4 is 10.6 Å². The molecular formula is C33H23N5O4. The number of fused-ring (bicyclic) bond motifs is 1. The van der Waals surface area contributed by atoms with Crippen LogP contribution in [0.3, 0.4) is 0 Å². The fourth-order valence-corrected chi connectivity index (χ4v) is 4.77. The van der Waals surface area contributed by atoms with Crippen LogP contribution >= 0.6 is 0 Å². The maximum atomic E-state index is 12.0. The fourth-order valence-electron chi connectivity index (χ4n) is 4.77. The summed E-state index contributed by atoms with van der Waals surface area (Å²) in [5.74, 6) is 0.302. The van der Waals surface area contributed by atoms with Crippen molar-refractivity contribution in [3.8, 4) is 44.9 Å². The van der Waals surface area contributed by atoms with Gasteiger partial charge in [0.25, 0.3) is 0 Å². The number of rotatable bonds is 8. The number of phenols is 2. The standard InChI is InChI=1S/C33H23N5O4/c39-17-24-11-22(20-7-3-1-4-8-20)13-28(41)30(24)37-32-26-15-34-16-27(26)33(36-19-35-32)38-31-25(18-40)12-23(14-29(31)42)21-9-5-2-6-10-21/h1-19,41-42H,(H2,35,36,37,38). The Morgan fingerprint density at radius 3 is 1.40 bits per heavy atom. The number of nitrogens with zero attached hydrogens (tertiary/aromatic N) is 3. The van der Waals surface area contributed by atoms with Gasteiger partial charge in [-0.25, -0.2) is 9.97 Å². The van der Waals surface area contributed by atoms with Gasteiger partial charge in [0.2, 0.25) is 0 Å². The molecule has 6 rings (SSSR count). The second kappa shape index (κ2) is 11.2. The van der Waals surface area contributed by atoms with E-state index in [0.29, 0.717) is 34.8 Å². The second-order valence-electron chi connectivity index (χ2n) is 9.44. The van der Waals surface area contributed by atoms with Crippen LogP contribution in [-0.4, -0.2) is 37.7 Å². The van der Waals surface area contributed by atoms with Crippen LogP contribution in [0.15, 0.2) is 104 Å². The van der Waals surface area contributed by atoms with Gasteiger partial charge in [-0.2, -0.15) is 0 Å². The second-order valence-corrected chi connectivity index (χ2v) is 9.44. The third kappa shape index (κ3) is 4.98. The Morgan fingerprint density at radius 2 is 1.00 bits per heavy atom. The summed E-state index contributed by atoms with van der Waals surface area (Å²) in [5.41, 5.74) is 4.94. The molecule has 0 saturated carbocycles. The molecule has 4 N–H and O–H groups in total. The summed E-state index contributed by atoms with van der Waals surface area (Å²) in [6.45, 7) is 0. The summed E-state index contributed by atoms with van der Waals surface area (Å²) >= 11 is 0. The van der Waals surface area contributed by atoms with E-state index in [9.17, 15) is 19.8 Å². The predicted molar refractivity (Wildman–Crippen MR) is 161 cm³/mol. The molecule has 0 aromatic heterocycles. The number of aromatic hydroxyl groups is 2. The first kappa shape index (κ1) is 26.1. The quantitative estimate of drug-likeness (QED) is 0.118. The van der Waals surface area contributed by atoms with E-state index in [4.69, 9.17) is 0 Å². The third-order valence-corrected chi connectivity index (χ3v) is 6.83. The molecule has 9 heteroatoms. The Morgan fingerprint density at radius 1 is 0.571 bits per heavy atom. The van der Waals surface area contributed by atoms with Gasteiger partial charge in [0, 0.05) is 34.6 Å². The van der Waals surface area contributed by atoms with Gasteiger partial charge in [-0.1, -0.05) is 60.7 Å². The van der Waals surface area contributed by atoms with E-state index >= 15 is 0 Å². The zero-order valence-electron chi connectivity index (χ0n) is 22.0. The number of benzene rings is 4. The van der Waals surface area contributed by atoms with Crippen LogP contribution in [0.25, 0.3) is 33.4 Å². The van der Waals surface area contributed by atoms with E-state index in [1.165, 1.54) is 6.33 Å². The largest absolute Gasteiger partial charge is 0.506 e. The Labute approximate surface area is 240 Å².